The summed E-state index contributed by atoms with van der Waals surface area (Å²) in [4.78, 5) is 12.0. The zero-order chi connectivity index (χ0) is 14.7. The van der Waals surface area contributed by atoms with Crippen LogP contribution in [-0.4, -0.2) is 25.2 Å². The van der Waals surface area contributed by atoms with Crippen molar-refractivity contribution >= 4 is 27.5 Å². The van der Waals surface area contributed by atoms with Gasteiger partial charge in [-0.2, -0.15) is 0 Å². The molecule has 0 aromatic heterocycles. The lowest BCUT2D eigenvalue weighted by atomic mass is 10.0. The number of rotatable bonds is 4. The Kier molecular flexibility index (Phi) is 4.88. The average molecular weight is 343 g/mol. The van der Waals surface area contributed by atoms with E-state index in [1.165, 1.54) is 0 Å². The van der Waals surface area contributed by atoms with Crippen molar-refractivity contribution in [2.24, 2.45) is 11.7 Å². The van der Waals surface area contributed by atoms with Gasteiger partial charge in [-0.05, 0) is 28.3 Å². The first kappa shape index (κ1) is 15.1. The molecule has 1 aromatic rings. The van der Waals surface area contributed by atoms with Crippen molar-refractivity contribution in [2.45, 2.75) is 26.3 Å². The molecular formula is C14H19BrN2O3. The van der Waals surface area contributed by atoms with Crippen molar-refractivity contribution in [1.82, 2.24) is 0 Å². The maximum absolute atomic E-state index is 12.0. The van der Waals surface area contributed by atoms with E-state index in [9.17, 15) is 4.79 Å². The fourth-order valence-corrected chi connectivity index (χ4v) is 2.42. The van der Waals surface area contributed by atoms with E-state index in [2.05, 4.69) is 21.2 Å². The normalized spacial score (nSPS) is 15.1. The Hall–Kier alpha value is -1.27. The minimum atomic E-state index is -0.518. The summed E-state index contributed by atoms with van der Waals surface area (Å²) < 4.78 is 11.7. The van der Waals surface area contributed by atoms with Crippen LogP contribution in [0.2, 0.25) is 0 Å². The van der Waals surface area contributed by atoms with E-state index in [0.29, 0.717) is 42.7 Å². The minimum Gasteiger partial charge on any atom is -0.486 e. The number of nitrogens with two attached hydrogens (primary N) is 1. The van der Waals surface area contributed by atoms with E-state index in [-0.39, 0.29) is 5.91 Å². The fourth-order valence-electron chi connectivity index (χ4n) is 2.00. The van der Waals surface area contributed by atoms with Gasteiger partial charge in [-0.25, -0.2) is 0 Å². The molecule has 1 aliphatic rings. The molecule has 1 aliphatic heterocycles. The smallest absolute Gasteiger partial charge is 0.241 e. The van der Waals surface area contributed by atoms with Crippen molar-refractivity contribution in [3.8, 4) is 11.5 Å². The molecule has 0 saturated heterocycles. The van der Waals surface area contributed by atoms with Gasteiger partial charge in [0, 0.05) is 16.6 Å². The monoisotopic (exact) mass is 342 g/mol. The van der Waals surface area contributed by atoms with Gasteiger partial charge in [0.15, 0.2) is 11.5 Å². The molecular weight excluding hydrogens is 324 g/mol. The molecule has 0 spiro atoms. The summed E-state index contributed by atoms with van der Waals surface area (Å²) in [5.74, 6) is 1.48. The van der Waals surface area contributed by atoms with Crippen LogP contribution < -0.4 is 20.5 Å². The van der Waals surface area contributed by atoms with Crippen LogP contribution in [0.15, 0.2) is 16.6 Å². The molecule has 0 bridgehead atoms. The quantitative estimate of drug-likeness (QED) is 0.881. The summed E-state index contributed by atoms with van der Waals surface area (Å²) in [5.41, 5.74) is 6.51. The number of carbonyl (C=O) groups is 1. The Morgan fingerprint density at radius 2 is 1.95 bits per heavy atom. The molecule has 1 unspecified atom stereocenters. The highest BCUT2D eigenvalue weighted by Gasteiger charge is 2.19. The molecule has 0 radical (unpaired) electrons. The average Bonchev–Trinajstić information content (AvgIpc) is 2.38. The maximum atomic E-state index is 12.0. The van der Waals surface area contributed by atoms with E-state index < -0.39 is 6.04 Å². The van der Waals surface area contributed by atoms with Crippen molar-refractivity contribution in [1.29, 1.82) is 0 Å². The number of hydrogen-bond donors (Lipinski definition) is 2. The molecule has 110 valence electrons. The molecule has 1 atom stereocenters. The van der Waals surface area contributed by atoms with Gasteiger partial charge >= 0.3 is 0 Å². The Bertz CT molecular complexity index is 505. The summed E-state index contributed by atoms with van der Waals surface area (Å²) >= 11 is 3.41. The third kappa shape index (κ3) is 3.64. The molecule has 1 aromatic carbocycles. The topological polar surface area (TPSA) is 73.6 Å². The van der Waals surface area contributed by atoms with E-state index in [0.717, 1.165) is 4.47 Å². The Morgan fingerprint density at radius 1 is 1.35 bits per heavy atom. The number of hydrogen-bond acceptors (Lipinski definition) is 4. The van der Waals surface area contributed by atoms with Crippen LogP contribution in [0.25, 0.3) is 0 Å². The van der Waals surface area contributed by atoms with E-state index in [1.807, 2.05) is 13.8 Å². The second-order valence-electron chi connectivity index (χ2n) is 5.20. The lowest BCUT2D eigenvalue weighted by Crippen LogP contribution is -2.36. The summed E-state index contributed by atoms with van der Waals surface area (Å²) in [5, 5.41) is 2.82. The van der Waals surface area contributed by atoms with Gasteiger partial charge in [0.05, 0.1) is 11.7 Å². The van der Waals surface area contributed by atoms with Crippen LogP contribution in [0.1, 0.15) is 20.3 Å². The molecule has 6 heteroatoms. The minimum absolute atomic E-state index is 0.198. The molecule has 0 aliphatic carbocycles. The zero-order valence-corrected chi connectivity index (χ0v) is 13.2. The van der Waals surface area contributed by atoms with Crippen LogP contribution in [-0.2, 0) is 4.79 Å². The fraction of sp³-hybridized carbons (Fsp3) is 0.500. The molecule has 3 N–H and O–H groups in total. The number of amides is 1. The van der Waals surface area contributed by atoms with Crippen LogP contribution in [0.3, 0.4) is 0 Å². The highest BCUT2D eigenvalue weighted by molar-refractivity contribution is 9.10. The first-order chi connectivity index (χ1) is 9.47. The Labute approximate surface area is 126 Å². The first-order valence-electron chi connectivity index (χ1n) is 6.63. The second-order valence-corrected chi connectivity index (χ2v) is 6.06. The molecule has 20 heavy (non-hydrogen) atoms. The Morgan fingerprint density at radius 3 is 2.55 bits per heavy atom. The number of halogens is 1. The molecule has 1 heterocycles. The van der Waals surface area contributed by atoms with E-state index in [4.69, 9.17) is 15.2 Å². The standard InChI is InChI=1S/C14H19BrN2O3/c1-8(2)5-10(16)14(18)17-11-7-13-12(6-9(11)15)19-3-4-20-13/h6-8,10H,3-5,16H2,1-2H3,(H,17,18). The predicted molar refractivity (Wildman–Crippen MR) is 81.2 cm³/mol. The van der Waals surface area contributed by atoms with Crippen molar-refractivity contribution in [3.63, 3.8) is 0 Å². The molecule has 0 saturated carbocycles. The third-order valence-corrected chi connectivity index (χ3v) is 3.61. The second kappa shape index (κ2) is 6.45. The van der Waals surface area contributed by atoms with E-state index >= 15 is 0 Å². The first-order valence-corrected chi connectivity index (χ1v) is 7.42. The summed E-state index contributed by atoms with van der Waals surface area (Å²) in [6.07, 6.45) is 0.647. The molecule has 5 nitrogen and oxygen atoms in total. The third-order valence-electron chi connectivity index (χ3n) is 2.95. The van der Waals surface area contributed by atoms with Gasteiger partial charge in [-0.15, -0.1) is 0 Å². The predicted octanol–water partition coefficient (Wildman–Crippen LogP) is 2.53. The lowest BCUT2D eigenvalue weighted by Gasteiger charge is -2.21. The number of carbonyl (C=O) groups excluding carboxylic acids is 1. The Balaban J connectivity index is 2.11. The van der Waals surface area contributed by atoms with Gasteiger partial charge in [0.2, 0.25) is 5.91 Å². The molecule has 2 rings (SSSR count). The number of nitrogens with one attached hydrogen (secondary N) is 1. The van der Waals surface area contributed by atoms with Crippen LogP contribution in [0.5, 0.6) is 11.5 Å². The molecule has 1 amide bonds. The van der Waals surface area contributed by atoms with Gasteiger partial charge in [-0.3, -0.25) is 4.79 Å². The van der Waals surface area contributed by atoms with Gasteiger partial charge < -0.3 is 20.5 Å². The van der Waals surface area contributed by atoms with E-state index in [1.54, 1.807) is 12.1 Å². The maximum Gasteiger partial charge on any atom is 0.241 e. The van der Waals surface area contributed by atoms with Crippen LogP contribution in [0, 0.1) is 5.92 Å². The molecule has 0 fully saturated rings. The largest absolute Gasteiger partial charge is 0.486 e. The van der Waals surface area contributed by atoms with Crippen molar-refractivity contribution < 1.29 is 14.3 Å². The van der Waals surface area contributed by atoms with Gasteiger partial charge in [0.25, 0.3) is 0 Å². The van der Waals surface area contributed by atoms with Crippen LogP contribution >= 0.6 is 15.9 Å². The number of fused-ring (bicyclic) bond motifs is 1. The van der Waals surface area contributed by atoms with Crippen molar-refractivity contribution in [3.05, 3.63) is 16.6 Å². The summed E-state index contributed by atoms with van der Waals surface area (Å²) in [6, 6.07) is 3.02. The number of benzene rings is 1. The number of anilines is 1. The van der Waals surface area contributed by atoms with Crippen molar-refractivity contribution in [2.75, 3.05) is 18.5 Å². The van der Waals surface area contributed by atoms with Crippen LogP contribution in [0.4, 0.5) is 5.69 Å². The van der Waals surface area contributed by atoms with Gasteiger partial charge in [0.1, 0.15) is 13.2 Å². The summed E-state index contributed by atoms with van der Waals surface area (Å²) in [7, 11) is 0. The summed E-state index contributed by atoms with van der Waals surface area (Å²) in [6.45, 7) is 5.11. The highest BCUT2D eigenvalue weighted by Crippen LogP contribution is 2.38. The SMILES string of the molecule is CC(C)CC(N)C(=O)Nc1cc2c(cc1Br)OCCO2. The lowest BCUT2D eigenvalue weighted by molar-refractivity contribution is -0.117. The zero-order valence-electron chi connectivity index (χ0n) is 11.6. The number of ether oxygens (including phenoxy) is 2. The highest BCUT2D eigenvalue weighted by atomic mass is 79.9. The van der Waals surface area contributed by atoms with Gasteiger partial charge in [-0.1, -0.05) is 13.8 Å².